The number of anilines is 2. The van der Waals surface area contributed by atoms with Crippen LogP contribution < -0.4 is 4.90 Å². The Morgan fingerprint density at radius 3 is 1.87 bits per heavy atom. The highest BCUT2D eigenvalue weighted by Gasteiger charge is 2.31. The third-order valence-electron chi connectivity index (χ3n) is 7.90. The molecule has 0 amide bonds. The molecule has 0 radical (unpaired) electrons. The molecule has 0 N–H and O–H groups in total. The Kier molecular flexibility index (Phi) is 4.66. The summed E-state index contributed by atoms with van der Waals surface area (Å²) in [5.41, 5.74) is 11.6. The van der Waals surface area contributed by atoms with E-state index in [1.807, 2.05) is 0 Å². The fourth-order valence-electron chi connectivity index (χ4n) is 6.33. The zero-order valence-electron chi connectivity index (χ0n) is 21.3. The maximum absolute atomic E-state index is 4.22. The fraction of sp³-hybridized carbons (Fsp3) is 0. The molecule has 0 atom stereocenters. The molecule has 2 nitrogen and oxygen atoms in total. The van der Waals surface area contributed by atoms with E-state index in [-0.39, 0.29) is 0 Å². The van der Waals surface area contributed by atoms with Crippen LogP contribution in [-0.2, 0) is 0 Å². The van der Waals surface area contributed by atoms with E-state index in [0.29, 0.717) is 0 Å². The predicted molar refractivity (Wildman–Crippen MR) is 165 cm³/mol. The number of para-hydroxylation sites is 2. The van der Waals surface area contributed by atoms with Crippen LogP contribution in [0.3, 0.4) is 0 Å². The monoisotopic (exact) mass is 496 g/mol. The van der Waals surface area contributed by atoms with Crippen molar-refractivity contribution in [2.24, 2.45) is 0 Å². The molecule has 0 bridgehead atoms. The summed E-state index contributed by atoms with van der Waals surface area (Å²) >= 11 is 0. The summed E-state index contributed by atoms with van der Waals surface area (Å²) in [6.07, 6.45) is 0. The highest BCUT2D eigenvalue weighted by molar-refractivity contribution is 6.23. The van der Waals surface area contributed by atoms with Crippen LogP contribution in [-0.4, -0.2) is 4.57 Å². The van der Waals surface area contributed by atoms with Gasteiger partial charge in [0, 0.05) is 21.7 Å². The molecule has 0 spiro atoms. The zero-order valence-corrected chi connectivity index (χ0v) is 21.3. The third kappa shape index (κ3) is 3.04. The van der Waals surface area contributed by atoms with E-state index in [4.69, 9.17) is 0 Å². The number of aromatic nitrogens is 1. The second kappa shape index (κ2) is 8.36. The van der Waals surface area contributed by atoms with E-state index in [1.165, 1.54) is 43.6 Å². The maximum atomic E-state index is 4.22. The molecule has 2 heterocycles. The first-order valence-electron chi connectivity index (χ1n) is 13.2. The minimum atomic E-state index is 0.910. The largest absolute Gasteiger partial charge is 0.288 e. The predicted octanol–water partition coefficient (Wildman–Crippen LogP) is 10.0. The fourth-order valence-corrected chi connectivity index (χ4v) is 6.33. The van der Waals surface area contributed by atoms with E-state index < -0.39 is 0 Å². The van der Waals surface area contributed by atoms with Crippen LogP contribution in [0.25, 0.3) is 60.7 Å². The first-order valence-corrected chi connectivity index (χ1v) is 13.2. The molecule has 182 valence electrons. The van der Waals surface area contributed by atoms with Crippen LogP contribution in [0.4, 0.5) is 11.4 Å². The Balaban J connectivity index is 1.55. The summed E-state index contributed by atoms with van der Waals surface area (Å²) < 4.78 is 2.30. The molecular weight excluding hydrogens is 472 g/mol. The normalized spacial score (nSPS) is 12.5. The standard InChI is InChI=1S/C37H24N2/c1-2-35-38-32-22-12-6-16-26(32)24-34(38)31-21-11-13-23-33(31)39(35)37-29-19-9-7-17-27(29)36(25-14-4-3-5-15-25)28-18-8-10-20-30(28)37/h3-24H,1H2. The van der Waals surface area contributed by atoms with Gasteiger partial charge < -0.3 is 0 Å². The van der Waals surface area contributed by atoms with Crippen molar-refractivity contribution in [1.29, 1.82) is 0 Å². The molecule has 0 unspecified atom stereocenters. The average molecular weight is 497 g/mol. The van der Waals surface area contributed by atoms with Gasteiger partial charge in [-0.1, -0.05) is 128 Å². The van der Waals surface area contributed by atoms with Crippen molar-refractivity contribution in [2.45, 2.75) is 0 Å². The molecular formula is C37H24N2. The molecule has 7 aromatic rings. The van der Waals surface area contributed by atoms with Crippen molar-refractivity contribution in [1.82, 2.24) is 4.57 Å². The minimum absolute atomic E-state index is 0.910. The van der Waals surface area contributed by atoms with E-state index in [1.54, 1.807) is 0 Å². The first kappa shape index (κ1) is 21.8. The number of hydrogen-bond donors (Lipinski definition) is 0. The lowest BCUT2D eigenvalue weighted by Gasteiger charge is -2.36. The van der Waals surface area contributed by atoms with Crippen molar-refractivity contribution in [3.8, 4) is 22.4 Å². The Morgan fingerprint density at radius 1 is 0.564 bits per heavy atom. The SMILES string of the molecule is C=C=C1N(c2c3ccccc3c(-c3ccccc3)c3ccccc23)c2ccccc2-c2cc3ccccc3n21. The summed E-state index contributed by atoms with van der Waals surface area (Å²) in [5.74, 6) is 0.910. The Hall–Kier alpha value is -5.30. The zero-order chi connectivity index (χ0) is 25.9. The summed E-state index contributed by atoms with van der Waals surface area (Å²) in [4.78, 5) is 2.36. The number of rotatable bonds is 2. The lowest BCUT2D eigenvalue weighted by Crippen LogP contribution is -2.25. The average Bonchev–Trinajstić information content (AvgIpc) is 3.40. The van der Waals surface area contributed by atoms with Gasteiger partial charge in [-0.05, 0) is 40.1 Å². The van der Waals surface area contributed by atoms with Crippen LogP contribution in [0, 0.1) is 0 Å². The Labute approximate surface area is 227 Å². The smallest absolute Gasteiger partial charge is 0.167 e. The summed E-state index contributed by atoms with van der Waals surface area (Å²) in [7, 11) is 0. The van der Waals surface area contributed by atoms with Crippen molar-refractivity contribution in [3.63, 3.8) is 0 Å². The molecule has 2 heteroatoms. The van der Waals surface area contributed by atoms with Crippen molar-refractivity contribution >= 4 is 49.6 Å². The van der Waals surface area contributed by atoms with Crippen molar-refractivity contribution in [3.05, 3.63) is 146 Å². The molecule has 1 aliphatic rings. The Morgan fingerprint density at radius 2 is 1.15 bits per heavy atom. The van der Waals surface area contributed by atoms with Crippen molar-refractivity contribution in [2.75, 3.05) is 4.90 Å². The van der Waals surface area contributed by atoms with Crippen LogP contribution in [0.15, 0.2) is 146 Å². The van der Waals surface area contributed by atoms with Gasteiger partial charge in [0.05, 0.1) is 22.6 Å². The Bertz CT molecular complexity index is 2070. The quantitative estimate of drug-likeness (QED) is 0.171. The van der Waals surface area contributed by atoms with Gasteiger partial charge in [0.15, 0.2) is 5.82 Å². The van der Waals surface area contributed by atoms with E-state index >= 15 is 0 Å². The van der Waals surface area contributed by atoms with Crippen LogP contribution in [0.5, 0.6) is 0 Å². The van der Waals surface area contributed by atoms with Gasteiger partial charge in [-0.2, -0.15) is 0 Å². The number of hydrogen-bond acceptors (Lipinski definition) is 1. The van der Waals surface area contributed by atoms with Crippen molar-refractivity contribution < 1.29 is 0 Å². The van der Waals surface area contributed by atoms with Gasteiger partial charge in [-0.25, -0.2) is 0 Å². The second-order valence-corrected chi connectivity index (χ2v) is 9.96. The molecule has 0 fully saturated rings. The highest BCUT2D eigenvalue weighted by Crippen LogP contribution is 2.52. The van der Waals surface area contributed by atoms with Crippen LogP contribution in [0.2, 0.25) is 0 Å². The molecule has 1 aliphatic heterocycles. The number of nitrogens with zero attached hydrogens (tertiary/aromatic N) is 2. The summed E-state index contributed by atoms with van der Waals surface area (Å²) in [5, 5.41) is 6.03. The molecule has 39 heavy (non-hydrogen) atoms. The molecule has 0 saturated carbocycles. The topological polar surface area (TPSA) is 8.17 Å². The molecule has 1 aromatic heterocycles. The van der Waals surface area contributed by atoms with Crippen LogP contribution >= 0.6 is 0 Å². The third-order valence-corrected chi connectivity index (χ3v) is 7.90. The lowest BCUT2D eigenvalue weighted by atomic mass is 9.89. The summed E-state index contributed by atoms with van der Waals surface area (Å²) in [6, 6.07) is 47.7. The first-order chi connectivity index (χ1) is 19.3. The van der Waals surface area contributed by atoms with E-state index in [9.17, 15) is 0 Å². The molecule has 8 rings (SSSR count). The summed E-state index contributed by atoms with van der Waals surface area (Å²) in [6.45, 7) is 4.22. The van der Waals surface area contributed by atoms with Crippen LogP contribution in [0.1, 0.15) is 0 Å². The van der Waals surface area contributed by atoms with Gasteiger partial charge >= 0.3 is 0 Å². The highest BCUT2D eigenvalue weighted by atomic mass is 15.3. The van der Waals surface area contributed by atoms with Gasteiger partial charge in [0.25, 0.3) is 0 Å². The lowest BCUT2D eigenvalue weighted by molar-refractivity contribution is 1.07. The maximum Gasteiger partial charge on any atom is 0.167 e. The minimum Gasteiger partial charge on any atom is -0.288 e. The number of fused-ring (bicyclic) bond motifs is 7. The van der Waals surface area contributed by atoms with Gasteiger partial charge in [-0.15, -0.1) is 0 Å². The number of benzene rings is 6. The molecule has 0 aliphatic carbocycles. The van der Waals surface area contributed by atoms with Gasteiger partial charge in [-0.3, -0.25) is 9.47 Å². The molecule has 6 aromatic carbocycles. The van der Waals surface area contributed by atoms with E-state index in [0.717, 1.165) is 28.4 Å². The molecule has 0 saturated heterocycles. The second-order valence-electron chi connectivity index (χ2n) is 9.96. The van der Waals surface area contributed by atoms with Gasteiger partial charge in [0.1, 0.15) is 0 Å². The van der Waals surface area contributed by atoms with Gasteiger partial charge in [0.2, 0.25) is 0 Å². The van der Waals surface area contributed by atoms with E-state index in [2.05, 4.69) is 155 Å².